The first-order valence-electron chi connectivity index (χ1n) is 7.06. The van der Waals surface area contributed by atoms with Gasteiger partial charge >= 0.3 is 0 Å². The van der Waals surface area contributed by atoms with Crippen molar-refractivity contribution < 1.29 is 9.53 Å². The van der Waals surface area contributed by atoms with E-state index in [0.29, 0.717) is 13.2 Å². The Kier molecular flexibility index (Phi) is 7.96. The fourth-order valence-corrected chi connectivity index (χ4v) is 1.90. The van der Waals surface area contributed by atoms with Crippen molar-refractivity contribution in [2.24, 2.45) is 0 Å². The molecule has 2 N–H and O–H groups in total. The van der Waals surface area contributed by atoms with Crippen molar-refractivity contribution in [1.29, 1.82) is 0 Å². The third kappa shape index (κ3) is 6.33. The summed E-state index contributed by atoms with van der Waals surface area (Å²) in [5, 5.41) is 6.24. The maximum atomic E-state index is 11.7. The third-order valence-corrected chi connectivity index (χ3v) is 3.17. The van der Waals surface area contributed by atoms with E-state index in [-0.39, 0.29) is 12.0 Å². The first-order chi connectivity index (χ1) is 8.74. The van der Waals surface area contributed by atoms with Gasteiger partial charge in [-0.05, 0) is 13.3 Å². The lowest BCUT2D eigenvalue weighted by Crippen LogP contribution is -2.47. The van der Waals surface area contributed by atoms with E-state index in [1.165, 1.54) is 0 Å². The molecule has 0 aliphatic carbocycles. The van der Waals surface area contributed by atoms with Crippen molar-refractivity contribution in [1.82, 2.24) is 15.5 Å². The minimum atomic E-state index is -0.334. The maximum Gasteiger partial charge on any atom is 0.248 e. The molecule has 1 atom stereocenters. The van der Waals surface area contributed by atoms with Gasteiger partial charge in [0.2, 0.25) is 5.91 Å². The number of carbonyl (C=O) groups is 1. The molecule has 106 valence electrons. The number of amides is 1. The topological polar surface area (TPSA) is 53.6 Å². The van der Waals surface area contributed by atoms with Crippen molar-refractivity contribution >= 4 is 5.91 Å². The highest BCUT2D eigenvalue weighted by Gasteiger charge is 2.13. The fourth-order valence-electron chi connectivity index (χ4n) is 1.90. The Hall–Kier alpha value is -0.650. The second-order valence-corrected chi connectivity index (χ2v) is 4.75. The van der Waals surface area contributed by atoms with Crippen molar-refractivity contribution in [2.75, 3.05) is 45.9 Å². The summed E-state index contributed by atoms with van der Waals surface area (Å²) in [6, 6.07) is 0. The molecule has 18 heavy (non-hydrogen) atoms. The highest BCUT2D eigenvalue weighted by atomic mass is 16.5. The molecule has 0 bridgehead atoms. The smallest absolute Gasteiger partial charge is 0.248 e. The minimum Gasteiger partial charge on any atom is -0.369 e. The second-order valence-electron chi connectivity index (χ2n) is 4.75. The standard InChI is InChI=1S/C13H27N3O2/c1-3-4-11-18-12(2)13(17)15-7-10-16-8-5-14-6-9-16/h12,14H,3-11H2,1-2H3,(H,15,17). The first kappa shape index (κ1) is 15.4. The van der Waals surface area contributed by atoms with Crippen LogP contribution in [0.25, 0.3) is 0 Å². The Morgan fingerprint density at radius 3 is 2.83 bits per heavy atom. The quantitative estimate of drug-likeness (QED) is 0.611. The summed E-state index contributed by atoms with van der Waals surface area (Å²) in [5.41, 5.74) is 0. The number of carbonyl (C=O) groups excluding carboxylic acids is 1. The van der Waals surface area contributed by atoms with Crippen LogP contribution in [-0.4, -0.2) is 62.8 Å². The highest BCUT2D eigenvalue weighted by molar-refractivity contribution is 5.80. The van der Waals surface area contributed by atoms with Gasteiger partial charge < -0.3 is 15.4 Å². The third-order valence-electron chi connectivity index (χ3n) is 3.17. The lowest BCUT2D eigenvalue weighted by Gasteiger charge is -2.27. The van der Waals surface area contributed by atoms with Crippen LogP contribution in [0.1, 0.15) is 26.7 Å². The largest absolute Gasteiger partial charge is 0.369 e. The van der Waals surface area contributed by atoms with Crippen molar-refractivity contribution in [3.63, 3.8) is 0 Å². The predicted molar refractivity (Wildman–Crippen MR) is 72.6 cm³/mol. The number of nitrogens with one attached hydrogen (secondary N) is 2. The lowest BCUT2D eigenvalue weighted by molar-refractivity contribution is -0.131. The molecule has 1 saturated heterocycles. The number of piperazine rings is 1. The molecule has 1 aliphatic heterocycles. The van der Waals surface area contributed by atoms with Gasteiger partial charge in [0.05, 0.1) is 0 Å². The molecule has 1 heterocycles. The van der Waals surface area contributed by atoms with E-state index < -0.39 is 0 Å². The van der Waals surface area contributed by atoms with E-state index in [4.69, 9.17) is 4.74 Å². The van der Waals surface area contributed by atoms with E-state index in [1.54, 1.807) is 0 Å². The van der Waals surface area contributed by atoms with Crippen LogP contribution in [-0.2, 0) is 9.53 Å². The molecule has 0 aromatic rings. The zero-order chi connectivity index (χ0) is 13.2. The molecule has 1 fully saturated rings. The Bertz CT molecular complexity index is 230. The van der Waals surface area contributed by atoms with Crippen molar-refractivity contribution in [2.45, 2.75) is 32.8 Å². The summed E-state index contributed by atoms with van der Waals surface area (Å²) in [4.78, 5) is 14.1. The summed E-state index contributed by atoms with van der Waals surface area (Å²) in [7, 11) is 0. The van der Waals surface area contributed by atoms with E-state index in [0.717, 1.165) is 45.6 Å². The molecule has 5 nitrogen and oxygen atoms in total. The second kappa shape index (κ2) is 9.30. The summed E-state index contributed by atoms with van der Waals surface area (Å²) in [6.07, 6.45) is 1.77. The normalized spacial score (nSPS) is 18.6. The molecule has 1 amide bonds. The number of hydrogen-bond donors (Lipinski definition) is 2. The average Bonchev–Trinajstić information content (AvgIpc) is 2.40. The van der Waals surface area contributed by atoms with Crippen LogP contribution in [0.15, 0.2) is 0 Å². The molecule has 0 aromatic heterocycles. The maximum absolute atomic E-state index is 11.7. The highest BCUT2D eigenvalue weighted by Crippen LogP contribution is 1.95. The minimum absolute atomic E-state index is 0.00115. The number of unbranched alkanes of at least 4 members (excludes halogenated alkanes) is 1. The van der Waals surface area contributed by atoms with Gasteiger partial charge in [-0.1, -0.05) is 13.3 Å². The number of hydrogen-bond acceptors (Lipinski definition) is 4. The van der Waals surface area contributed by atoms with Crippen molar-refractivity contribution in [3.05, 3.63) is 0 Å². The summed E-state index contributed by atoms with van der Waals surface area (Å²) >= 11 is 0. The van der Waals surface area contributed by atoms with Gasteiger partial charge in [0, 0.05) is 45.9 Å². The lowest BCUT2D eigenvalue weighted by atomic mass is 10.3. The van der Waals surface area contributed by atoms with Gasteiger partial charge in [-0.2, -0.15) is 0 Å². The zero-order valence-corrected chi connectivity index (χ0v) is 11.7. The van der Waals surface area contributed by atoms with Crippen molar-refractivity contribution in [3.8, 4) is 0 Å². The zero-order valence-electron chi connectivity index (χ0n) is 11.7. The van der Waals surface area contributed by atoms with E-state index in [9.17, 15) is 4.79 Å². The average molecular weight is 257 g/mol. The molecule has 0 aromatic carbocycles. The van der Waals surface area contributed by atoms with Gasteiger partial charge in [0.1, 0.15) is 6.10 Å². The Morgan fingerprint density at radius 1 is 1.44 bits per heavy atom. The van der Waals surface area contributed by atoms with E-state index >= 15 is 0 Å². The summed E-state index contributed by atoms with van der Waals surface area (Å²) in [6.45, 7) is 10.5. The molecule has 1 rings (SSSR count). The van der Waals surface area contributed by atoms with Crippen LogP contribution < -0.4 is 10.6 Å². The molecular formula is C13H27N3O2. The molecule has 0 saturated carbocycles. The van der Waals surface area contributed by atoms with Crippen LogP contribution in [0.5, 0.6) is 0 Å². The van der Waals surface area contributed by atoms with Crippen LogP contribution in [0.2, 0.25) is 0 Å². The van der Waals surface area contributed by atoms with Crippen LogP contribution >= 0.6 is 0 Å². The van der Waals surface area contributed by atoms with Gasteiger partial charge in [-0.3, -0.25) is 9.69 Å². The van der Waals surface area contributed by atoms with Crippen LogP contribution in [0.4, 0.5) is 0 Å². The van der Waals surface area contributed by atoms with Gasteiger partial charge in [0.25, 0.3) is 0 Å². The van der Waals surface area contributed by atoms with Crippen LogP contribution in [0.3, 0.4) is 0 Å². The Balaban J connectivity index is 2.04. The SMILES string of the molecule is CCCCOC(C)C(=O)NCCN1CCNCC1. The van der Waals surface area contributed by atoms with Gasteiger partial charge in [-0.15, -0.1) is 0 Å². The van der Waals surface area contributed by atoms with Crippen LogP contribution in [0, 0.1) is 0 Å². The molecule has 0 radical (unpaired) electrons. The molecular weight excluding hydrogens is 230 g/mol. The fraction of sp³-hybridized carbons (Fsp3) is 0.923. The summed E-state index contributed by atoms with van der Waals surface area (Å²) < 4.78 is 5.45. The monoisotopic (exact) mass is 257 g/mol. The summed E-state index contributed by atoms with van der Waals surface area (Å²) in [5.74, 6) is 0.00115. The molecule has 0 spiro atoms. The molecule has 1 unspecified atom stereocenters. The predicted octanol–water partition coefficient (Wildman–Crippen LogP) is 0.213. The number of nitrogens with zero attached hydrogens (tertiary/aromatic N) is 1. The Labute approximate surface area is 110 Å². The number of rotatable bonds is 8. The number of ether oxygens (including phenoxy) is 1. The first-order valence-corrected chi connectivity index (χ1v) is 7.06. The molecule has 5 heteroatoms. The van der Waals surface area contributed by atoms with E-state index in [2.05, 4.69) is 22.5 Å². The van der Waals surface area contributed by atoms with E-state index in [1.807, 2.05) is 6.92 Å². The van der Waals surface area contributed by atoms with Gasteiger partial charge in [0.15, 0.2) is 0 Å². The molecule has 1 aliphatic rings. The Morgan fingerprint density at radius 2 is 2.17 bits per heavy atom. The van der Waals surface area contributed by atoms with Gasteiger partial charge in [-0.25, -0.2) is 0 Å².